The summed E-state index contributed by atoms with van der Waals surface area (Å²) in [5, 5.41) is 4.31. The Morgan fingerprint density at radius 1 is 0.969 bits per heavy atom. The van der Waals surface area contributed by atoms with Gasteiger partial charge < -0.3 is 4.57 Å². The SMILES string of the molecule is CCCCn1c(CN(CC=Cc2ccsc2)Cc2ccccc2)cnc1-c1ccccc1. The minimum absolute atomic E-state index is 0.867. The maximum Gasteiger partial charge on any atom is 0.140 e. The molecule has 0 aliphatic rings. The zero-order chi connectivity index (χ0) is 22.0. The van der Waals surface area contributed by atoms with Crippen molar-refractivity contribution in [3.63, 3.8) is 0 Å². The lowest BCUT2D eigenvalue weighted by molar-refractivity contribution is 0.278. The third kappa shape index (κ3) is 6.06. The second kappa shape index (κ2) is 11.6. The number of benzene rings is 2. The number of hydrogen-bond acceptors (Lipinski definition) is 3. The van der Waals surface area contributed by atoms with Gasteiger partial charge in [0.15, 0.2) is 0 Å². The summed E-state index contributed by atoms with van der Waals surface area (Å²) in [6.07, 6.45) is 8.88. The van der Waals surface area contributed by atoms with Gasteiger partial charge in [0.2, 0.25) is 0 Å². The van der Waals surface area contributed by atoms with Crippen molar-refractivity contribution in [1.29, 1.82) is 0 Å². The quantitative estimate of drug-likeness (QED) is 0.247. The molecule has 4 rings (SSSR count). The molecule has 0 saturated carbocycles. The van der Waals surface area contributed by atoms with Crippen molar-refractivity contribution in [3.05, 3.63) is 107 Å². The standard InChI is InChI=1S/C28H31N3S/c1-2-3-18-31-27(20-29-28(31)26-14-8-5-9-15-26)22-30(21-24-11-6-4-7-12-24)17-10-13-25-16-19-32-23-25/h4-16,19-20,23H,2-3,17-18,21-22H2,1H3. The van der Waals surface area contributed by atoms with E-state index in [2.05, 4.69) is 112 Å². The van der Waals surface area contributed by atoms with Crippen molar-refractivity contribution < 1.29 is 0 Å². The maximum absolute atomic E-state index is 4.84. The molecule has 0 aliphatic carbocycles. The second-order valence-electron chi connectivity index (χ2n) is 8.06. The fourth-order valence-corrected chi connectivity index (χ4v) is 4.51. The van der Waals surface area contributed by atoms with Crippen LogP contribution in [-0.4, -0.2) is 21.0 Å². The Morgan fingerprint density at radius 2 is 1.75 bits per heavy atom. The molecule has 0 bridgehead atoms. The molecule has 2 heterocycles. The first kappa shape index (κ1) is 22.3. The van der Waals surface area contributed by atoms with E-state index < -0.39 is 0 Å². The van der Waals surface area contributed by atoms with Crippen LogP contribution < -0.4 is 0 Å². The van der Waals surface area contributed by atoms with Gasteiger partial charge in [-0.25, -0.2) is 4.98 Å². The minimum Gasteiger partial charge on any atom is -0.327 e. The summed E-state index contributed by atoms with van der Waals surface area (Å²) in [4.78, 5) is 7.33. The zero-order valence-electron chi connectivity index (χ0n) is 18.7. The third-order valence-corrected chi connectivity index (χ3v) is 6.26. The highest BCUT2D eigenvalue weighted by molar-refractivity contribution is 7.08. The van der Waals surface area contributed by atoms with Gasteiger partial charge in [0.1, 0.15) is 5.82 Å². The highest BCUT2D eigenvalue weighted by atomic mass is 32.1. The third-order valence-electron chi connectivity index (χ3n) is 5.56. The average Bonchev–Trinajstić information content (AvgIpc) is 3.49. The van der Waals surface area contributed by atoms with E-state index in [4.69, 9.17) is 4.98 Å². The second-order valence-corrected chi connectivity index (χ2v) is 8.84. The van der Waals surface area contributed by atoms with Crippen LogP contribution in [0.2, 0.25) is 0 Å². The zero-order valence-corrected chi connectivity index (χ0v) is 19.5. The molecule has 0 N–H and O–H groups in total. The van der Waals surface area contributed by atoms with Gasteiger partial charge in [0.25, 0.3) is 0 Å². The number of imidazole rings is 1. The van der Waals surface area contributed by atoms with Crippen molar-refractivity contribution in [3.8, 4) is 11.4 Å². The first-order chi connectivity index (χ1) is 15.8. The van der Waals surface area contributed by atoms with Gasteiger partial charge in [0, 0.05) is 31.7 Å². The highest BCUT2D eigenvalue weighted by Gasteiger charge is 2.15. The molecule has 0 spiro atoms. The predicted octanol–water partition coefficient (Wildman–Crippen LogP) is 7.13. The Bertz CT molecular complexity index is 1080. The minimum atomic E-state index is 0.867. The first-order valence-electron chi connectivity index (χ1n) is 11.4. The molecule has 4 aromatic rings. The lowest BCUT2D eigenvalue weighted by Gasteiger charge is -2.22. The predicted molar refractivity (Wildman–Crippen MR) is 136 cm³/mol. The summed E-state index contributed by atoms with van der Waals surface area (Å²) in [6.45, 7) is 5.92. The molecular formula is C28H31N3S. The van der Waals surface area contributed by atoms with Crippen LogP contribution in [0.3, 0.4) is 0 Å². The van der Waals surface area contributed by atoms with E-state index >= 15 is 0 Å². The van der Waals surface area contributed by atoms with Crippen LogP contribution in [0, 0.1) is 0 Å². The molecule has 0 unspecified atom stereocenters. The van der Waals surface area contributed by atoms with Crippen LogP contribution in [0.15, 0.2) is 89.8 Å². The number of unbranched alkanes of at least 4 members (excludes halogenated alkanes) is 1. The summed E-state index contributed by atoms with van der Waals surface area (Å²) in [5.74, 6) is 1.07. The molecule has 32 heavy (non-hydrogen) atoms. The van der Waals surface area contributed by atoms with Gasteiger partial charge >= 0.3 is 0 Å². The number of thiophene rings is 1. The summed E-state index contributed by atoms with van der Waals surface area (Å²) < 4.78 is 2.42. The monoisotopic (exact) mass is 441 g/mol. The van der Waals surface area contributed by atoms with Crippen molar-refractivity contribution in [2.45, 2.75) is 39.4 Å². The molecule has 0 fully saturated rings. The molecule has 3 nitrogen and oxygen atoms in total. The van der Waals surface area contributed by atoms with E-state index in [1.54, 1.807) is 11.3 Å². The highest BCUT2D eigenvalue weighted by Crippen LogP contribution is 2.22. The van der Waals surface area contributed by atoms with E-state index in [1.165, 1.54) is 28.8 Å². The van der Waals surface area contributed by atoms with Gasteiger partial charge in [-0.3, -0.25) is 4.90 Å². The summed E-state index contributed by atoms with van der Waals surface area (Å²) in [6, 6.07) is 23.4. The fraction of sp³-hybridized carbons (Fsp3) is 0.250. The Labute approximate surface area is 195 Å². The van der Waals surface area contributed by atoms with Crippen LogP contribution in [0.25, 0.3) is 17.5 Å². The topological polar surface area (TPSA) is 21.1 Å². The molecule has 4 heteroatoms. The van der Waals surface area contributed by atoms with Gasteiger partial charge in [-0.15, -0.1) is 0 Å². The van der Waals surface area contributed by atoms with E-state index in [0.29, 0.717) is 0 Å². The molecular weight excluding hydrogens is 410 g/mol. The van der Waals surface area contributed by atoms with Crippen LogP contribution >= 0.6 is 11.3 Å². The van der Waals surface area contributed by atoms with E-state index in [9.17, 15) is 0 Å². The number of aromatic nitrogens is 2. The van der Waals surface area contributed by atoms with Gasteiger partial charge in [-0.05, 0) is 34.4 Å². The van der Waals surface area contributed by atoms with Gasteiger partial charge in [-0.1, -0.05) is 86.2 Å². The smallest absolute Gasteiger partial charge is 0.140 e. The van der Waals surface area contributed by atoms with E-state index in [1.807, 2.05) is 0 Å². The molecule has 2 aromatic heterocycles. The van der Waals surface area contributed by atoms with Crippen molar-refractivity contribution in [2.75, 3.05) is 6.54 Å². The molecule has 0 radical (unpaired) electrons. The number of nitrogens with zero attached hydrogens (tertiary/aromatic N) is 3. The van der Waals surface area contributed by atoms with Crippen LogP contribution in [-0.2, 0) is 19.6 Å². The molecule has 0 saturated heterocycles. The molecule has 0 amide bonds. The Hall–Kier alpha value is -2.95. The lowest BCUT2D eigenvalue weighted by atomic mass is 10.2. The number of rotatable bonds is 11. The van der Waals surface area contributed by atoms with Crippen molar-refractivity contribution in [2.24, 2.45) is 0 Å². The van der Waals surface area contributed by atoms with Crippen LogP contribution in [0.1, 0.15) is 36.6 Å². The van der Waals surface area contributed by atoms with Crippen LogP contribution in [0.5, 0.6) is 0 Å². The lowest BCUT2D eigenvalue weighted by Crippen LogP contribution is -2.24. The molecule has 2 aromatic carbocycles. The Balaban J connectivity index is 1.57. The van der Waals surface area contributed by atoms with Crippen molar-refractivity contribution in [1.82, 2.24) is 14.5 Å². The summed E-state index contributed by atoms with van der Waals surface area (Å²) in [5.41, 5.74) is 5.06. The average molecular weight is 442 g/mol. The van der Waals surface area contributed by atoms with E-state index in [-0.39, 0.29) is 0 Å². The van der Waals surface area contributed by atoms with E-state index in [0.717, 1.165) is 38.4 Å². The normalized spacial score (nSPS) is 11.6. The molecule has 0 aliphatic heterocycles. The Kier molecular flexibility index (Phi) is 8.07. The largest absolute Gasteiger partial charge is 0.327 e. The molecule has 0 atom stereocenters. The molecule has 164 valence electrons. The summed E-state index contributed by atoms with van der Waals surface area (Å²) in [7, 11) is 0. The number of hydrogen-bond donors (Lipinski definition) is 0. The Morgan fingerprint density at radius 3 is 2.47 bits per heavy atom. The van der Waals surface area contributed by atoms with Gasteiger partial charge in [0.05, 0.1) is 11.9 Å². The maximum atomic E-state index is 4.84. The first-order valence-corrected chi connectivity index (χ1v) is 12.3. The fourth-order valence-electron chi connectivity index (χ4n) is 3.88. The summed E-state index contributed by atoms with van der Waals surface area (Å²) >= 11 is 1.74. The van der Waals surface area contributed by atoms with Gasteiger partial charge in [-0.2, -0.15) is 11.3 Å². The van der Waals surface area contributed by atoms with Crippen LogP contribution in [0.4, 0.5) is 0 Å². The van der Waals surface area contributed by atoms with Crippen molar-refractivity contribution >= 4 is 17.4 Å².